The molecule has 0 aliphatic rings. The van der Waals surface area contributed by atoms with Crippen LogP contribution in [0.2, 0.25) is 0 Å². The number of aryl methyl sites for hydroxylation is 2. The summed E-state index contributed by atoms with van der Waals surface area (Å²) in [6.07, 6.45) is 0. The highest BCUT2D eigenvalue weighted by Gasteiger charge is 2.31. The van der Waals surface area contributed by atoms with Crippen LogP contribution in [0.3, 0.4) is 0 Å². The molecule has 0 atom stereocenters. The maximum atomic E-state index is 6.01. The van der Waals surface area contributed by atoms with Crippen LogP contribution in [0, 0.1) is 13.8 Å². The Hall–Kier alpha value is -6.06. The van der Waals surface area contributed by atoms with Crippen LogP contribution in [0.5, 0.6) is 34.5 Å². The first kappa shape index (κ1) is 40.7. The van der Waals surface area contributed by atoms with E-state index in [0.29, 0.717) is 34.5 Å². The van der Waals surface area contributed by atoms with Crippen molar-refractivity contribution in [3.8, 4) is 45.6 Å². The zero-order valence-corrected chi connectivity index (χ0v) is 37.0. The number of hydrogen-bond acceptors (Lipinski definition) is 6. The summed E-state index contributed by atoms with van der Waals surface area (Å²) in [4.78, 5) is 0. The van der Waals surface area contributed by atoms with Gasteiger partial charge < -0.3 is 28.4 Å². The van der Waals surface area contributed by atoms with Crippen molar-refractivity contribution in [1.29, 1.82) is 0 Å². The molecular formula is C52H48O6P2. The molecule has 0 aliphatic heterocycles. The minimum absolute atomic E-state index is 0.528. The molecule has 0 radical (unpaired) electrons. The summed E-state index contributed by atoms with van der Waals surface area (Å²) >= 11 is 0. The first-order chi connectivity index (χ1) is 29.3. The number of methoxy groups -OCH3 is 6. The Kier molecular flexibility index (Phi) is 12.0. The van der Waals surface area contributed by atoms with E-state index in [4.69, 9.17) is 28.4 Å². The zero-order valence-electron chi connectivity index (χ0n) is 35.2. The average Bonchev–Trinajstić information content (AvgIpc) is 3.29. The molecule has 0 aliphatic carbocycles. The SMILES string of the molecule is COc1cc(P(c2cc(OC)c(OC)c(OC)c2)c2ccc3ccccc3c2-c2c(P(c3ccc(C)cc3)c3ccc(C)cc3)ccc3ccccc23)cc(OC)c1OC. The van der Waals surface area contributed by atoms with Gasteiger partial charge >= 0.3 is 0 Å². The van der Waals surface area contributed by atoms with Crippen molar-refractivity contribution in [2.75, 3.05) is 42.7 Å². The fraction of sp³-hybridized carbons (Fsp3) is 0.154. The molecule has 0 fully saturated rings. The number of ether oxygens (including phenoxy) is 6. The van der Waals surface area contributed by atoms with Crippen molar-refractivity contribution >= 4 is 69.2 Å². The standard InChI is InChI=1S/C52H48O6P2/c1-33-17-23-37(24-18-33)59(38-25-19-34(2)20-26-38)47-27-21-35-13-9-11-15-41(35)49(47)50-42-16-12-10-14-36(42)22-28-48(50)60(39-29-43(53-3)51(57-7)44(30-39)54-4)40-31-45(55-5)52(58-8)46(32-40)56-6/h9-32H,1-8H3. The van der Waals surface area contributed by atoms with Crippen molar-refractivity contribution in [2.45, 2.75) is 13.8 Å². The minimum atomic E-state index is -1.41. The van der Waals surface area contributed by atoms with Crippen LogP contribution in [-0.4, -0.2) is 42.7 Å². The molecule has 0 unspecified atom stereocenters. The third kappa shape index (κ3) is 7.51. The number of benzene rings is 8. The number of fused-ring (bicyclic) bond motifs is 2. The van der Waals surface area contributed by atoms with Crippen LogP contribution in [0.1, 0.15) is 11.1 Å². The van der Waals surface area contributed by atoms with E-state index in [-0.39, 0.29) is 0 Å². The second-order valence-corrected chi connectivity index (χ2v) is 18.8. The van der Waals surface area contributed by atoms with E-state index >= 15 is 0 Å². The van der Waals surface area contributed by atoms with Crippen molar-refractivity contribution in [3.63, 3.8) is 0 Å². The molecule has 0 saturated heterocycles. The van der Waals surface area contributed by atoms with Gasteiger partial charge in [0, 0.05) is 0 Å². The molecule has 302 valence electrons. The van der Waals surface area contributed by atoms with Gasteiger partial charge in [-0.1, -0.05) is 132 Å². The zero-order chi connectivity index (χ0) is 41.9. The van der Waals surface area contributed by atoms with Gasteiger partial charge in [0.25, 0.3) is 0 Å². The number of hydrogen-bond donors (Lipinski definition) is 0. The third-order valence-electron chi connectivity index (χ3n) is 10.9. The quantitative estimate of drug-likeness (QED) is 0.108. The fourth-order valence-electron chi connectivity index (χ4n) is 8.05. The summed E-state index contributed by atoms with van der Waals surface area (Å²) < 4.78 is 35.8. The summed E-state index contributed by atoms with van der Waals surface area (Å²) in [5.41, 5.74) is 4.84. The van der Waals surface area contributed by atoms with Crippen LogP contribution < -0.4 is 60.2 Å². The van der Waals surface area contributed by atoms with E-state index in [2.05, 4.69) is 159 Å². The Morgan fingerprint density at radius 2 is 0.667 bits per heavy atom. The van der Waals surface area contributed by atoms with Gasteiger partial charge in [0.15, 0.2) is 23.0 Å². The molecule has 60 heavy (non-hydrogen) atoms. The van der Waals surface area contributed by atoms with Gasteiger partial charge in [-0.25, -0.2) is 0 Å². The molecule has 0 amide bonds. The molecule has 0 N–H and O–H groups in total. The Balaban J connectivity index is 1.55. The molecule has 8 aromatic rings. The highest BCUT2D eigenvalue weighted by Crippen LogP contribution is 2.49. The molecule has 0 spiro atoms. The Bertz CT molecular complexity index is 2660. The van der Waals surface area contributed by atoms with E-state index in [1.165, 1.54) is 48.9 Å². The van der Waals surface area contributed by atoms with E-state index < -0.39 is 15.8 Å². The van der Waals surface area contributed by atoms with Crippen LogP contribution in [0.15, 0.2) is 146 Å². The molecule has 6 nitrogen and oxygen atoms in total. The first-order valence-corrected chi connectivity index (χ1v) is 22.4. The second kappa shape index (κ2) is 17.7. The van der Waals surface area contributed by atoms with E-state index in [1.807, 2.05) is 0 Å². The van der Waals surface area contributed by atoms with Crippen LogP contribution in [0.25, 0.3) is 32.7 Å². The summed E-state index contributed by atoms with van der Waals surface area (Å²) in [5.74, 6) is 3.34. The monoisotopic (exact) mass is 830 g/mol. The van der Waals surface area contributed by atoms with Crippen molar-refractivity contribution in [2.24, 2.45) is 0 Å². The molecule has 0 heterocycles. The van der Waals surface area contributed by atoms with Crippen LogP contribution in [0.4, 0.5) is 0 Å². The number of rotatable bonds is 13. The van der Waals surface area contributed by atoms with Crippen LogP contribution >= 0.6 is 15.8 Å². The smallest absolute Gasteiger partial charge is 0.203 e. The van der Waals surface area contributed by atoms with Crippen molar-refractivity contribution < 1.29 is 28.4 Å². The van der Waals surface area contributed by atoms with Gasteiger partial charge in [-0.05, 0) is 118 Å². The van der Waals surface area contributed by atoms with Gasteiger partial charge in [0.2, 0.25) is 11.5 Å². The largest absolute Gasteiger partial charge is 0.493 e. The molecular weight excluding hydrogens is 783 g/mol. The van der Waals surface area contributed by atoms with E-state index in [1.54, 1.807) is 42.7 Å². The van der Waals surface area contributed by atoms with E-state index in [0.717, 1.165) is 26.7 Å². The summed E-state index contributed by atoms with van der Waals surface area (Å²) in [6.45, 7) is 4.30. The lowest BCUT2D eigenvalue weighted by molar-refractivity contribution is 0.325. The predicted octanol–water partition coefficient (Wildman–Crippen LogP) is 9.84. The Morgan fingerprint density at radius 1 is 0.333 bits per heavy atom. The van der Waals surface area contributed by atoms with Gasteiger partial charge in [0.05, 0.1) is 42.7 Å². The Labute approximate surface area is 355 Å². The molecule has 8 heteroatoms. The second-order valence-electron chi connectivity index (χ2n) is 14.5. The maximum absolute atomic E-state index is 6.01. The average molecular weight is 831 g/mol. The van der Waals surface area contributed by atoms with Crippen LogP contribution in [-0.2, 0) is 0 Å². The highest BCUT2D eigenvalue weighted by atomic mass is 31.1. The molecule has 0 bridgehead atoms. The van der Waals surface area contributed by atoms with Crippen molar-refractivity contribution in [3.05, 3.63) is 157 Å². The van der Waals surface area contributed by atoms with Gasteiger partial charge in [-0.3, -0.25) is 0 Å². The van der Waals surface area contributed by atoms with Gasteiger partial charge in [-0.2, -0.15) is 0 Å². The highest BCUT2D eigenvalue weighted by molar-refractivity contribution is 7.81. The lowest BCUT2D eigenvalue weighted by Gasteiger charge is -2.29. The normalized spacial score (nSPS) is 11.3. The minimum Gasteiger partial charge on any atom is -0.493 e. The topological polar surface area (TPSA) is 55.4 Å². The lowest BCUT2D eigenvalue weighted by Crippen LogP contribution is -2.26. The molecule has 0 aromatic heterocycles. The lowest BCUT2D eigenvalue weighted by atomic mass is 9.93. The predicted molar refractivity (Wildman–Crippen MR) is 253 cm³/mol. The van der Waals surface area contributed by atoms with Gasteiger partial charge in [0.1, 0.15) is 0 Å². The van der Waals surface area contributed by atoms with Gasteiger partial charge in [-0.15, -0.1) is 0 Å². The third-order valence-corrected chi connectivity index (χ3v) is 15.8. The van der Waals surface area contributed by atoms with Crippen molar-refractivity contribution in [1.82, 2.24) is 0 Å². The Morgan fingerprint density at radius 3 is 1.00 bits per heavy atom. The maximum Gasteiger partial charge on any atom is 0.203 e. The first-order valence-electron chi connectivity index (χ1n) is 19.7. The summed E-state index contributed by atoms with van der Waals surface area (Å²) in [5, 5.41) is 11.6. The van der Waals surface area contributed by atoms with E-state index in [9.17, 15) is 0 Å². The molecule has 8 aromatic carbocycles. The fourth-order valence-corrected chi connectivity index (χ4v) is 13.0. The summed E-state index contributed by atoms with van der Waals surface area (Å²) in [6, 6.07) is 53.2. The molecule has 0 saturated carbocycles. The molecule has 8 rings (SSSR count). The summed E-state index contributed by atoms with van der Waals surface area (Å²) in [7, 11) is 7.44.